The van der Waals surface area contributed by atoms with E-state index in [4.69, 9.17) is 11.2 Å². The van der Waals surface area contributed by atoms with Crippen LogP contribution in [0.3, 0.4) is 0 Å². The molecule has 1 amide bonds. The summed E-state index contributed by atoms with van der Waals surface area (Å²) in [5, 5.41) is 0. The van der Waals surface area contributed by atoms with Gasteiger partial charge in [-0.25, -0.2) is 14.8 Å². The molecule has 124 valence electrons. The van der Waals surface area contributed by atoms with E-state index in [0.717, 1.165) is 12.8 Å². The van der Waals surface area contributed by atoms with Gasteiger partial charge in [-0.2, -0.15) is 0 Å². The zero-order valence-corrected chi connectivity index (χ0v) is 13.8. The van der Waals surface area contributed by atoms with Crippen molar-refractivity contribution in [1.82, 2.24) is 14.4 Å². The summed E-state index contributed by atoms with van der Waals surface area (Å²) in [6, 6.07) is 0.000514. The summed E-state index contributed by atoms with van der Waals surface area (Å²) in [7, 11) is 0. The van der Waals surface area contributed by atoms with Crippen LogP contribution in [0.4, 0.5) is 10.6 Å². The highest BCUT2D eigenvalue weighted by Gasteiger charge is 2.39. The Morgan fingerprint density at radius 1 is 1.50 bits per heavy atom. The summed E-state index contributed by atoms with van der Waals surface area (Å²) in [6.45, 7) is 5.41. The fourth-order valence-corrected chi connectivity index (χ4v) is 2.36. The maximum atomic E-state index is 12.7. The Bertz CT molecular complexity index is 853. The molecular formula is C17H18N4O3. The van der Waals surface area contributed by atoms with Gasteiger partial charge in [0.25, 0.3) is 0 Å². The van der Waals surface area contributed by atoms with Gasteiger partial charge >= 0.3 is 6.09 Å². The number of aldehydes is 1. The van der Waals surface area contributed by atoms with Crippen molar-refractivity contribution in [1.29, 1.82) is 0 Å². The van der Waals surface area contributed by atoms with Crippen LogP contribution in [-0.4, -0.2) is 38.4 Å². The Labute approximate surface area is 139 Å². The summed E-state index contributed by atoms with van der Waals surface area (Å²) in [4.78, 5) is 33.9. The first-order valence-electron chi connectivity index (χ1n) is 7.66. The number of carbonyl (C=O) groups is 2. The SMILES string of the molecule is C#Cc1cn2c(C=O)cnc2c(N(C(=O)OC(C)(C)C)C2CC2)n1. The highest BCUT2D eigenvalue weighted by atomic mass is 16.6. The molecule has 2 aromatic rings. The van der Waals surface area contributed by atoms with Crippen LogP contribution in [0.1, 0.15) is 49.8 Å². The van der Waals surface area contributed by atoms with Crippen LogP contribution in [0.2, 0.25) is 0 Å². The minimum atomic E-state index is -0.631. The zero-order valence-electron chi connectivity index (χ0n) is 13.8. The van der Waals surface area contributed by atoms with Gasteiger partial charge in [-0.1, -0.05) is 0 Å². The first-order valence-corrected chi connectivity index (χ1v) is 7.66. The number of nitrogens with zero attached hydrogens (tertiary/aromatic N) is 4. The second kappa shape index (κ2) is 5.64. The Kier molecular flexibility index (Phi) is 3.76. The number of fused-ring (bicyclic) bond motifs is 1. The molecule has 2 heterocycles. The number of ether oxygens (including phenoxy) is 1. The highest BCUT2D eigenvalue weighted by molar-refractivity contribution is 5.92. The standard InChI is InChI=1S/C17H18N4O3/c1-5-11-9-20-13(10-22)8-18-14(20)15(19-11)21(12-6-7-12)16(23)24-17(2,3)4/h1,8-10,12H,6-7H2,2-4H3. The first-order chi connectivity index (χ1) is 11.3. The molecule has 1 saturated carbocycles. The van der Waals surface area contributed by atoms with E-state index in [0.29, 0.717) is 29.1 Å². The summed E-state index contributed by atoms with van der Waals surface area (Å²) < 4.78 is 7.05. The maximum absolute atomic E-state index is 12.7. The molecule has 0 aliphatic heterocycles. The summed E-state index contributed by atoms with van der Waals surface area (Å²) in [6.07, 6.45) is 10.3. The molecule has 3 rings (SSSR count). The van der Waals surface area contributed by atoms with Gasteiger partial charge in [-0.05, 0) is 39.5 Å². The molecule has 0 atom stereocenters. The lowest BCUT2D eigenvalue weighted by molar-refractivity contribution is 0.0576. The minimum absolute atomic E-state index is 0.000514. The Balaban J connectivity index is 2.14. The number of hydrogen-bond donors (Lipinski definition) is 0. The van der Waals surface area contributed by atoms with Crippen molar-refractivity contribution in [3.05, 3.63) is 23.8 Å². The molecule has 1 aliphatic rings. The van der Waals surface area contributed by atoms with Gasteiger partial charge in [0.15, 0.2) is 17.8 Å². The van der Waals surface area contributed by atoms with Crippen molar-refractivity contribution < 1.29 is 14.3 Å². The quantitative estimate of drug-likeness (QED) is 0.639. The molecule has 24 heavy (non-hydrogen) atoms. The normalized spacial score (nSPS) is 14.2. The van der Waals surface area contributed by atoms with Crippen molar-refractivity contribution in [2.75, 3.05) is 4.90 Å². The molecule has 2 aromatic heterocycles. The summed E-state index contributed by atoms with van der Waals surface area (Å²) >= 11 is 0. The molecule has 1 fully saturated rings. The topological polar surface area (TPSA) is 76.8 Å². The van der Waals surface area contributed by atoms with Crippen molar-refractivity contribution in [2.24, 2.45) is 0 Å². The molecular weight excluding hydrogens is 308 g/mol. The lowest BCUT2D eigenvalue weighted by Crippen LogP contribution is -2.39. The lowest BCUT2D eigenvalue weighted by atomic mass is 10.2. The molecule has 0 saturated heterocycles. The molecule has 1 aliphatic carbocycles. The fourth-order valence-electron chi connectivity index (χ4n) is 2.36. The van der Waals surface area contributed by atoms with Crippen molar-refractivity contribution in [3.8, 4) is 12.3 Å². The van der Waals surface area contributed by atoms with Crippen LogP contribution in [0.25, 0.3) is 5.65 Å². The third kappa shape index (κ3) is 2.95. The summed E-state index contributed by atoms with van der Waals surface area (Å²) in [5.74, 6) is 2.76. The molecule has 0 aromatic carbocycles. The average molecular weight is 326 g/mol. The van der Waals surface area contributed by atoms with Crippen LogP contribution < -0.4 is 4.90 Å². The third-order valence-electron chi connectivity index (χ3n) is 3.50. The number of aromatic nitrogens is 3. The van der Waals surface area contributed by atoms with Crippen molar-refractivity contribution >= 4 is 23.8 Å². The van der Waals surface area contributed by atoms with E-state index in [9.17, 15) is 9.59 Å². The van der Waals surface area contributed by atoms with Crippen LogP contribution in [0, 0.1) is 12.3 Å². The van der Waals surface area contributed by atoms with E-state index in [1.165, 1.54) is 11.1 Å². The van der Waals surface area contributed by atoms with Gasteiger partial charge < -0.3 is 4.74 Å². The number of rotatable bonds is 3. The van der Waals surface area contributed by atoms with Gasteiger partial charge in [0.05, 0.1) is 6.20 Å². The lowest BCUT2D eigenvalue weighted by Gasteiger charge is -2.27. The predicted octanol–water partition coefficient (Wildman–Crippen LogP) is 2.43. The number of amides is 1. The molecule has 0 N–H and O–H groups in total. The minimum Gasteiger partial charge on any atom is -0.443 e. The van der Waals surface area contributed by atoms with Gasteiger partial charge in [0, 0.05) is 12.2 Å². The number of hydrogen-bond acceptors (Lipinski definition) is 5. The van der Waals surface area contributed by atoms with Crippen LogP contribution in [-0.2, 0) is 4.74 Å². The number of imidazole rings is 1. The van der Waals surface area contributed by atoms with Crippen LogP contribution in [0.15, 0.2) is 12.4 Å². The summed E-state index contributed by atoms with van der Waals surface area (Å²) in [5.41, 5.74) is 0.417. The first kappa shape index (κ1) is 16.0. The molecule has 0 bridgehead atoms. The van der Waals surface area contributed by atoms with Gasteiger partial charge in [-0.3, -0.25) is 14.1 Å². The predicted molar refractivity (Wildman–Crippen MR) is 88.0 cm³/mol. The Morgan fingerprint density at radius 3 is 2.75 bits per heavy atom. The van der Waals surface area contributed by atoms with Crippen molar-refractivity contribution in [3.63, 3.8) is 0 Å². The molecule has 0 unspecified atom stereocenters. The van der Waals surface area contributed by atoms with E-state index < -0.39 is 11.7 Å². The largest absolute Gasteiger partial charge is 0.443 e. The molecule has 7 heteroatoms. The van der Waals surface area contributed by atoms with Crippen LogP contribution >= 0.6 is 0 Å². The second-order valence-corrected chi connectivity index (χ2v) is 6.67. The highest BCUT2D eigenvalue weighted by Crippen LogP contribution is 2.34. The van der Waals surface area contributed by atoms with Gasteiger partial charge in [-0.15, -0.1) is 6.42 Å². The van der Waals surface area contributed by atoms with Crippen molar-refractivity contribution in [2.45, 2.75) is 45.3 Å². The van der Waals surface area contributed by atoms with E-state index in [2.05, 4.69) is 15.9 Å². The number of terminal acetylenes is 1. The molecule has 7 nitrogen and oxygen atoms in total. The van der Waals surface area contributed by atoms with E-state index in [1.54, 1.807) is 31.4 Å². The second-order valence-electron chi connectivity index (χ2n) is 6.67. The van der Waals surface area contributed by atoms with Gasteiger partial charge in [0.2, 0.25) is 0 Å². The van der Waals surface area contributed by atoms with E-state index >= 15 is 0 Å². The molecule has 0 spiro atoms. The third-order valence-corrected chi connectivity index (χ3v) is 3.50. The number of anilines is 1. The van der Waals surface area contributed by atoms with Gasteiger partial charge in [0.1, 0.15) is 17.0 Å². The van der Waals surface area contributed by atoms with E-state index in [-0.39, 0.29) is 6.04 Å². The zero-order chi connectivity index (χ0) is 17.5. The van der Waals surface area contributed by atoms with Crippen LogP contribution in [0.5, 0.6) is 0 Å². The number of carbonyl (C=O) groups excluding carboxylic acids is 2. The monoisotopic (exact) mass is 326 g/mol. The average Bonchev–Trinajstić information content (AvgIpc) is 3.24. The Hall–Kier alpha value is -2.88. The van der Waals surface area contributed by atoms with E-state index in [1.807, 2.05) is 0 Å². The fraction of sp³-hybridized carbons (Fsp3) is 0.412. The molecule has 0 radical (unpaired) electrons. The maximum Gasteiger partial charge on any atom is 0.416 e. The Morgan fingerprint density at radius 2 is 2.21 bits per heavy atom. The smallest absolute Gasteiger partial charge is 0.416 e.